The number of carbonyl (C=O) groups is 3. The summed E-state index contributed by atoms with van der Waals surface area (Å²) in [5, 5.41) is 2.25. The zero-order chi connectivity index (χ0) is 51.6. The summed E-state index contributed by atoms with van der Waals surface area (Å²) in [6, 6.07) is 19.4. The number of carbonyl (C=O) groups excluding carboxylic acids is 3. The Labute approximate surface area is 406 Å². The fraction of sp³-hybridized carbons (Fsp3) is 0.222. The molecule has 8 aromatic rings. The third-order valence-corrected chi connectivity index (χ3v) is 13.8. The standard InChI is InChI=1S/C54H43BF5N3O9/c1-9-69-52(67)43-27(5)48-47(49-28(6)44(53(68)70-10-2)30(8)63(49)55(59,60)62(48)29(43)7)42-25(3)21-34(22-26(42)4)71-41(64)24-61-50(65)36-17-16-35-38-23-32(31-11-14-33(15-12-31)54(56,57)58)13-19-39(38)72-40-20-18-37(51(61)66)45(36)46(35)40/h11-23H,9-10,24H2,1-8H3. The predicted molar refractivity (Wildman–Crippen MR) is 262 cm³/mol. The number of alkyl halides is 3. The Morgan fingerprint density at radius 3 is 1.92 bits per heavy atom. The summed E-state index contributed by atoms with van der Waals surface area (Å²) in [6.45, 7) is 7.12. The quantitative estimate of drug-likeness (QED) is 0.0345. The Bertz CT molecular complexity index is 3910. The van der Waals surface area contributed by atoms with Crippen LogP contribution in [0.15, 0.2) is 110 Å². The van der Waals surface area contributed by atoms with E-state index in [-0.39, 0.29) is 74.8 Å². The highest BCUT2D eigenvalue weighted by atomic mass is 19.4. The van der Waals surface area contributed by atoms with Gasteiger partial charge in [0, 0.05) is 45.1 Å². The third kappa shape index (κ3) is 7.00. The number of halogens is 5. The van der Waals surface area contributed by atoms with E-state index in [0.29, 0.717) is 66.1 Å². The monoisotopic (exact) mass is 983 g/mol. The largest absolute Gasteiger partial charge is 0.737 e. The van der Waals surface area contributed by atoms with Gasteiger partial charge in [-0.2, -0.15) is 13.2 Å². The first-order chi connectivity index (χ1) is 34.1. The second-order valence-electron chi connectivity index (χ2n) is 18.0. The molecule has 72 heavy (non-hydrogen) atoms. The topological polar surface area (TPSA) is 139 Å². The van der Waals surface area contributed by atoms with Crippen LogP contribution in [0, 0.1) is 27.7 Å². The lowest BCUT2D eigenvalue weighted by molar-refractivity contribution is -0.363. The smallest absolute Gasteiger partial charge is 0.462 e. The second kappa shape index (κ2) is 16.7. The van der Waals surface area contributed by atoms with Crippen molar-refractivity contribution in [2.24, 2.45) is 0 Å². The zero-order valence-corrected chi connectivity index (χ0v) is 40.1. The number of pyridine rings is 1. The first-order valence-electron chi connectivity index (χ1n) is 23.1. The molecular formula is C54H43BF5N3O9. The molecule has 0 saturated carbocycles. The summed E-state index contributed by atoms with van der Waals surface area (Å²) in [5.41, 5.74) is 1.79. The van der Waals surface area contributed by atoms with Crippen molar-refractivity contribution in [1.29, 1.82) is 0 Å². The van der Waals surface area contributed by atoms with E-state index < -0.39 is 54.3 Å². The van der Waals surface area contributed by atoms with Gasteiger partial charge in [-0.3, -0.25) is 14.2 Å². The van der Waals surface area contributed by atoms with Crippen LogP contribution >= 0.6 is 0 Å². The number of fused-ring (bicyclic) bond motifs is 4. The number of esters is 3. The molecule has 0 spiro atoms. The van der Waals surface area contributed by atoms with Gasteiger partial charge in [-0.25, -0.2) is 14.4 Å². The van der Waals surface area contributed by atoms with E-state index >= 15 is 8.63 Å². The van der Waals surface area contributed by atoms with Gasteiger partial charge in [0.25, 0.3) is 11.1 Å². The van der Waals surface area contributed by atoms with E-state index in [2.05, 4.69) is 0 Å². The van der Waals surface area contributed by atoms with Gasteiger partial charge in [0.1, 0.15) is 34.7 Å². The minimum atomic E-state index is -4.71. The summed E-state index contributed by atoms with van der Waals surface area (Å²) < 4.78 is 99.5. The molecule has 5 aromatic carbocycles. The van der Waals surface area contributed by atoms with Crippen LogP contribution in [0.1, 0.15) is 77.3 Å². The van der Waals surface area contributed by atoms with E-state index in [0.717, 1.165) is 25.7 Å². The number of hydrogen-bond acceptors (Lipinski definition) is 9. The van der Waals surface area contributed by atoms with Crippen molar-refractivity contribution in [2.45, 2.75) is 68.1 Å². The second-order valence-corrected chi connectivity index (χ2v) is 18.0. The maximum atomic E-state index is 17.2. The lowest BCUT2D eigenvalue weighted by Gasteiger charge is -2.34. The molecule has 0 aliphatic carbocycles. The highest BCUT2D eigenvalue weighted by molar-refractivity contribution is 6.59. The lowest BCUT2D eigenvalue weighted by Crippen LogP contribution is -2.52. The molecular weight excluding hydrogens is 940 g/mol. The van der Waals surface area contributed by atoms with E-state index in [9.17, 15) is 37.1 Å². The van der Waals surface area contributed by atoms with Crippen molar-refractivity contribution in [2.75, 3.05) is 13.2 Å². The molecule has 366 valence electrons. The van der Waals surface area contributed by atoms with Crippen molar-refractivity contribution < 1.29 is 59.3 Å². The number of allylic oxidation sites excluding steroid dienone is 1. The summed E-state index contributed by atoms with van der Waals surface area (Å²) in [6.07, 6.45) is -4.50. The van der Waals surface area contributed by atoms with E-state index in [1.807, 2.05) is 0 Å². The van der Waals surface area contributed by atoms with Gasteiger partial charge in [-0.1, -0.05) is 24.3 Å². The molecule has 12 nitrogen and oxygen atoms in total. The maximum absolute atomic E-state index is 17.2. The maximum Gasteiger partial charge on any atom is 0.737 e. The first kappa shape index (κ1) is 47.5. The van der Waals surface area contributed by atoms with Crippen molar-refractivity contribution in [3.63, 3.8) is 0 Å². The van der Waals surface area contributed by atoms with Gasteiger partial charge in [-0.05, 0) is 148 Å². The summed E-state index contributed by atoms with van der Waals surface area (Å²) in [5.74, 6) is -2.48. The molecule has 0 N–H and O–H groups in total. The van der Waals surface area contributed by atoms with Crippen molar-refractivity contribution >= 4 is 79.6 Å². The van der Waals surface area contributed by atoms with Crippen LogP contribution < -0.4 is 15.9 Å². The molecule has 0 saturated heterocycles. The molecule has 5 heterocycles. The van der Waals surface area contributed by atoms with Crippen LogP contribution in [-0.4, -0.2) is 57.3 Å². The molecule has 0 fully saturated rings. The SMILES string of the molecule is CCOC(=O)C1=C(C)C2=C(c3c(C)cc(OC(=O)Cn4c(=O)c5ccc6oc7ccc(-c8ccc(C(F)(F)F)cc8)cc7c7ccc(c4=O)c5c67)cc3C)c3c(C)c(C(=O)OCC)c(C)n3[B-](F)(F)[N+]2=C1C. The minimum Gasteiger partial charge on any atom is -0.462 e. The Balaban J connectivity index is 1.03. The minimum absolute atomic E-state index is 0.00783. The average Bonchev–Trinajstić information content (AvgIpc) is 3.76. The van der Waals surface area contributed by atoms with Gasteiger partial charge in [0.15, 0.2) is 5.70 Å². The van der Waals surface area contributed by atoms with Gasteiger partial charge in [0.05, 0.1) is 29.9 Å². The summed E-state index contributed by atoms with van der Waals surface area (Å²) >= 11 is 0. The Morgan fingerprint density at radius 1 is 0.708 bits per heavy atom. The van der Waals surface area contributed by atoms with Crippen LogP contribution in [0.5, 0.6) is 5.75 Å². The van der Waals surface area contributed by atoms with Crippen LogP contribution in [0.25, 0.3) is 60.2 Å². The van der Waals surface area contributed by atoms with Crippen molar-refractivity contribution in [3.8, 4) is 16.9 Å². The van der Waals surface area contributed by atoms with E-state index in [1.165, 1.54) is 44.2 Å². The number of benzene rings is 5. The Morgan fingerprint density at radius 2 is 1.29 bits per heavy atom. The van der Waals surface area contributed by atoms with E-state index in [4.69, 9.17) is 18.6 Å². The normalized spacial score (nSPS) is 14.6. The number of rotatable bonds is 9. The molecule has 18 heteroatoms. The van der Waals surface area contributed by atoms with Crippen LogP contribution in [0.4, 0.5) is 21.8 Å². The number of hydrogen-bond donors (Lipinski definition) is 0. The highest BCUT2D eigenvalue weighted by Gasteiger charge is 2.58. The molecule has 10 rings (SSSR count). The molecule has 0 unspecified atom stereocenters. The van der Waals surface area contributed by atoms with Gasteiger partial charge in [0.2, 0.25) is 0 Å². The first-order valence-corrected chi connectivity index (χ1v) is 23.1. The van der Waals surface area contributed by atoms with Crippen molar-refractivity contribution in [3.05, 3.63) is 161 Å². The molecule has 2 aliphatic heterocycles. The number of ether oxygens (including phenoxy) is 3. The molecule has 0 atom stereocenters. The van der Waals surface area contributed by atoms with E-state index in [1.54, 1.807) is 77.9 Å². The fourth-order valence-electron chi connectivity index (χ4n) is 10.9. The molecule has 0 amide bonds. The van der Waals surface area contributed by atoms with Crippen molar-refractivity contribution in [1.82, 2.24) is 9.05 Å². The fourth-order valence-corrected chi connectivity index (χ4v) is 10.9. The lowest BCUT2D eigenvalue weighted by atomic mass is 9.81. The Hall–Kier alpha value is -8.15. The number of aromatic nitrogens is 2. The number of nitrogens with zero attached hydrogens (tertiary/aromatic N) is 3. The summed E-state index contributed by atoms with van der Waals surface area (Å²) in [4.78, 5) is 69.0. The van der Waals surface area contributed by atoms with Crippen LogP contribution in [-0.2, 0) is 31.8 Å². The van der Waals surface area contributed by atoms with Crippen LogP contribution in [0.3, 0.4) is 0 Å². The molecule has 0 radical (unpaired) electrons. The highest BCUT2D eigenvalue weighted by Crippen LogP contribution is 2.49. The zero-order valence-electron chi connectivity index (χ0n) is 40.1. The average molecular weight is 984 g/mol. The molecule has 3 aromatic heterocycles. The third-order valence-electron chi connectivity index (χ3n) is 13.8. The summed E-state index contributed by atoms with van der Waals surface area (Å²) in [7, 11) is 0. The van der Waals surface area contributed by atoms with Gasteiger partial charge >= 0.3 is 31.1 Å². The van der Waals surface area contributed by atoms with Gasteiger partial charge in [-0.15, -0.1) is 0 Å². The Kier molecular flexibility index (Phi) is 11.1. The number of aryl methyl sites for hydroxylation is 2. The molecule has 2 aliphatic rings. The molecule has 0 bridgehead atoms. The predicted octanol–water partition coefficient (Wildman–Crippen LogP) is 10.7. The van der Waals surface area contributed by atoms with Crippen LogP contribution in [0.2, 0.25) is 0 Å². The van der Waals surface area contributed by atoms with Gasteiger partial charge < -0.3 is 36.2 Å².